The van der Waals surface area contributed by atoms with Crippen molar-refractivity contribution >= 4 is 5.97 Å². The average molecular weight is 257 g/mol. The average Bonchev–Trinajstić information content (AvgIpc) is 2.25. The maximum atomic E-state index is 12.3. The SMILES string of the molecule is CCOC(=O)C1(NCC(C)C)CCOC(C)(C)C1. The van der Waals surface area contributed by atoms with Crippen LogP contribution in [0.3, 0.4) is 0 Å². The second-order valence-corrected chi connectivity index (χ2v) is 6.11. The molecule has 0 saturated carbocycles. The molecule has 0 aromatic heterocycles. The smallest absolute Gasteiger partial charge is 0.326 e. The third kappa shape index (κ3) is 3.95. The first-order valence-electron chi connectivity index (χ1n) is 6.87. The molecule has 1 fully saturated rings. The zero-order chi connectivity index (χ0) is 13.8. The van der Waals surface area contributed by atoms with Crippen LogP contribution >= 0.6 is 0 Å². The summed E-state index contributed by atoms with van der Waals surface area (Å²) in [5.41, 5.74) is -0.864. The lowest BCUT2D eigenvalue weighted by Crippen LogP contribution is -2.60. The minimum atomic E-state index is -0.581. The van der Waals surface area contributed by atoms with Gasteiger partial charge in [-0.2, -0.15) is 0 Å². The highest BCUT2D eigenvalue weighted by atomic mass is 16.5. The number of carbonyl (C=O) groups excluding carboxylic acids is 1. The van der Waals surface area contributed by atoms with Crippen molar-refractivity contribution in [2.45, 2.75) is 58.6 Å². The molecule has 1 aliphatic rings. The Balaban J connectivity index is 2.82. The van der Waals surface area contributed by atoms with E-state index in [2.05, 4.69) is 19.2 Å². The number of carbonyl (C=O) groups is 1. The third-order valence-electron chi connectivity index (χ3n) is 3.26. The predicted molar refractivity (Wildman–Crippen MR) is 71.5 cm³/mol. The van der Waals surface area contributed by atoms with Crippen molar-refractivity contribution in [3.8, 4) is 0 Å². The predicted octanol–water partition coefficient (Wildman–Crippen LogP) is 2.12. The molecule has 4 heteroatoms. The van der Waals surface area contributed by atoms with Gasteiger partial charge in [-0.15, -0.1) is 0 Å². The highest BCUT2D eigenvalue weighted by Gasteiger charge is 2.47. The van der Waals surface area contributed by atoms with E-state index in [1.165, 1.54) is 0 Å². The van der Waals surface area contributed by atoms with E-state index in [0.717, 1.165) is 6.54 Å². The second kappa shape index (κ2) is 6.02. The van der Waals surface area contributed by atoms with Gasteiger partial charge in [-0.1, -0.05) is 13.8 Å². The molecule has 1 rings (SSSR count). The van der Waals surface area contributed by atoms with Gasteiger partial charge in [0.25, 0.3) is 0 Å². The Morgan fingerprint density at radius 3 is 2.61 bits per heavy atom. The van der Waals surface area contributed by atoms with Crippen LogP contribution < -0.4 is 5.32 Å². The summed E-state index contributed by atoms with van der Waals surface area (Å²) in [7, 11) is 0. The third-order valence-corrected chi connectivity index (χ3v) is 3.26. The van der Waals surface area contributed by atoms with Gasteiger partial charge in [0.15, 0.2) is 0 Å². The van der Waals surface area contributed by atoms with E-state index in [1.54, 1.807) is 0 Å². The minimum absolute atomic E-state index is 0.137. The quantitative estimate of drug-likeness (QED) is 0.766. The van der Waals surface area contributed by atoms with Crippen LogP contribution in [0.15, 0.2) is 0 Å². The summed E-state index contributed by atoms with van der Waals surface area (Å²) < 4.78 is 11.0. The number of nitrogens with one attached hydrogen (secondary N) is 1. The van der Waals surface area contributed by atoms with Crippen molar-refractivity contribution < 1.29 is 14.3 Å². The topological polar surface area (TPSA) is 47.6 Å². The number of hydrogen-bond acceptors (Lipinski definition) is 4. The second-order valence-electron chi connectivity index (χ2n) is 6.11. The Labute approximate surface area is 110 Å². The molecule has 1 N–H and O–H groups in total. The fourth-order valence-corrected chi connectivity index (χ4v) is 2.43. The molecule has 0 radical (unpaired) electrons. The molecule has 0 aromatic carbocycles. The molecule has 1 saturated heterocycles. The van der Waals surface area contributed by atoms with Crippen LogP contribution in [0.4, 0.5) is 0 Å². The summed E-state index contributed by atoms with van der Waals surface area (Å²) in [5, 5.41) is 3.42. The molecule has 0 amide bonds. The van der Waals surface area contributed by atoms with Crippen LogP contribution in [0, 0.1) is 5.92 Å². The van der Waals surface area contributed by atoms with Gasteiger partial charge in [-0.05, 0) is 39.7 Å². The molecule has 0 aromatic rings. The van der Waals surface area contributed by atoms with E-state index < -0.39 is 5.54 Å². The zero-order valence-electron chi connectivity index (χ0n) is 12.3. The molecule has 0 spiro atoms. The van der Waals surface area contributed by atoms with Gasteiger partial charge in [0, 0.05) is 13.0 Å². The molecule has 4 nitrogen and oxygen atoms in total. The zero-order valence-corrected chi connectivity index (χ0v) is 12.3. The molecular weight excluding hydrogens is 230 g/mol. The Bertz CT molecular complexity index is 289. The lowest BCUT2D eigenvalue weighted by molar-refractivity contribution is -0.164. The van der Waals surface area contributed by atoms with Gasteiger partial charge in [-0.3, -0.25) is 4.79 Å². The summed E-state index contributed by atoms with van der Waals surface area (Å²) in [5.74, 6) is 0.365. The summed E-state index contributed by atoms with van der Waals surface area (Å²) in [6.07, 6.45) is 1.34. The Morgan fingerprint density at radius 2 is 2.11 bits per heavy atom. The fraction of sp³-hybridized carbons (Fsp3) is 0.929. The van der Waals surface area contributed by atoms with Crippen molar-refractivity contribution in [1.82, 2.24) is 5.32 Å². The lowest BCUT2D eigenvalue weighted by atomic mass is 9.81. The summed E-state index contributed by atoms with van der Waals surface area (Å²) in [6.45, 7) is 12.0. The summed E-state index contributed by atoms with van der Waals surface area (Å²) in [4.78, 5) is 12.3. The largest absolute Gasteiger partial charge is 0.465 e. The maximum Gasteiger partial charge on any atom is 0.326 e. The van der Waals surface area contributed by atoms with Gasteiger partial charge >= 0.3 is 5.97 Å². The van der Waals surface area contributed by atoms with Crippen molar-refractivity contribution in [2.24, 2.45) is 5.92 Å². The van der Waals surface area contributed by atoms with E-state index in [1.807, 2.05) is 20.8 Å². The van der Waals surface area contributed by atoms with Gasteiger partial charge in [0.2, 0.25) is 0 Å². The monoisotopic (exact) mass is 257 g/mol. The minimum Gasteiger partial charge on any atom is -0.465 e. The first-order valence-corrected chi connectivity index (χ1v) is 6.87. The molecule has 1 atom stereocenters. The lowest BCUT2D eigenvalue weighted by Gasteiger charge is -2.43. The molecular formula is C14H27NO3. The molecule has 1 aliphatic heterocycles. The van der Waals surface area contributed by atoms with Gasteiger partial charge < -0.3 is 14.8 Å². The highest BCUT2D eigenvalue weighted by Crippen LogP contribution is 2.33. The van der Waals surface area contributed by atoms with Crippen LogP contribution in [0.1, 0.15) is 47.5 Å². The molecule has 106 valence electrons. The molecule has 0 bridgehead atoms. The maximum absolute atomic E-state index is 12.3. The number of ether oxygens (including phenoxy) is 2. The van der Waals surface area contributed by atoms with E-state index in [-0.39, 0.29) is 11.6 Å². The standard InChI is InChI=1S/C14H27NO3/c1-6-17-12(16)14(15-9-11(2)3)7-8-18-13(4,5)10-14/h11,15H,6-10H2,1-5H3. The van der Waals surface area contributed by atoms with E-state index >= 15 is 0 Å². The van der Waals surface area contributed by atoms with E-state index in [9.17, 15) is 4.79 Å². The Kier molecular flexibility index (Phi) is 5.17. The molecule has 1 heterocycles. The summed E-state index contributed by atoms with van der Waals surface area (Å²) in [6, 6.07) is 0. The van der Waals surface area contributed by atoms with Crippen LogP contribution in [0.2, 0.25) is 0 Å². The number of esters is 1. The number of rotatable bonds is 5. The van der Waals surface area contributed by atoms with Crippen molar-refractivity contribution in [3.05, 3.63) is 0 Å². The van der Waals surface area contributed by atoms with Gasteiger partial charge in [-0.25, -0.2) is 0 Å². The highest BCUT2D eigenvalue weighted by molar-refractivity contribution is 5.81. The molecule has 18 heavy (non-hydrogen) atoms. The Hall–Kier alpha value is -0.610. The van der Waals surface area contributed by atoms with Crippen LogP contribution in [-0.2, 0) is 14.3 Å². The van der Waals surface area contributed by atoms with E-state index in [0.29, 0.717) is 32.0 Å². The van der Waals surface area contributed by atoms with E-state index in [4.69, 9.17) is 9.47 Å². The summed E-state index contributed by atoms with van der Waals surface area (Å²) >= 11 is 0. The molecule has 1 unspecified atom stereocenters. The van der Waals surface area contributed by atoms with Crippen LogP contribution in [0.5, 0.6) is 0 Å². The Morgan fingerprint density at radius 1 is 1.44 bits per heavy atom. The fourth-order valence-electron chi connectivity index (χ4n) is 2.43. The van der Waals surface area contributed by atoms with Gasteiger partial charge in [0.05, 0.1) is 12.2 Å². The normalized spacial score (nSPS) is 27.2. The van der Waals surface area contributed by atoms with Crippen LogP contribution in [-0.4, -0.2) is 36.9 Å². The van der Waals surface area contributed by atoms with Crippen LogP contribution in [0.25, 0.3) is 0 Å². The molecule has 0 aliphatic carbocycles. The first kappa shape index (κ1) is 15.4. The van der Waals surface area contributed by atoms with Crippen molar-refractivity contribution in [3.63, 3.8) is 0 Å². The van der Waals surface area contributed by atoms with Crippen molar-refractivity contribution in [2.75, 3.05) is 19.8 Å². The van der Waals surface area contributed by atoms with Gasteiger partial charge in [0.1, 0.15) is 5.54 Å². The van der Waals surface area contributed by atoms with Crippen molar-refractivity contribution in [1.29, 1.82) is 0 Å². The first-order chi connectivity index (χ1) is 8.31. The number of hydrogen-bond donors (Lipinski definition) is 1.